The van der Waals surface area contributed by atoms with Crippen molar-refractivity contribution in [2.45, 2.75) is 49.3 Å². The number of ether oxygens (including phenoxy) is 2. The minimum Gasteiger partial charge on any atom is -0.455 e. The van der Waals surface area contributed by atoms with E-state index in [0.717, 1.165) is 5.56 Å². The van der Waals surface area contributed by atoms with Gasteiger partial charge >= 0.3 is 5.97 Å². The van der Waals surface area contributed by atoms with Crippen molar-refractivity contribution >= 4 is 23.7 Å². The SMILES string of the molecule is O=C1CC/C=C\CN(Cc2ccccc2)C(=O)[C@@H]2N([C@H](CO)c3ccccc3)C(=O)[C@H]3[C@H](C(=O)O[C@H](c4ccccc4)CN1)[C@@H]1C=C[C@]23O1. The number of fused-ring (bicyclic) bond motifs is 2. The van der Waals surface area contributed by atoms with Gasteiger partial charge in [0.15, 0.2) is 0 Å². The molecule has 0 aromatic heterocycles. The molecule has 2 saturated heterocycles. The van der Waals surface area contributed by atoms with Gasteiger partial charge in [0, 0.05) is 19.5 Å². The summed E-state index contributed by atoms with van der Waals surface area (Å²) in [4.78, 5) is 60.0. The van der Waals surface area contributed by atoms with Gasteiger partial charge < -0.3 is 29.7 Å². The van der Waals surface area contributed by atoms with Crippen LogP contribution in [0.1, 0.15) is 41.7 Å². The molecule has 252 valence electrons. The van der Waals surface area contributed by atoms with Crippen molar-refractivity contribution in [2.75, 3.05) is 19.7 Å². The van der Waals surface area contributed by atoms with E-state index in [-0.39, 0.29) is 37.9 Å². The van der Waals surface area contributed by atoms with E-state index in [1.54, 1.807) is 17.1 Å². The number of hydrogen-bond acceptors (Lipinski definition) is 7. The van der Waals surface area contributed by atoms with Crippen molar-refractivity contribution in [2.24, 2.45) is 11.8 Å². The first-order chi connectivity index (χ1) is 23.9. The summed E-state index contributed by atoms with van der Waals surface area (Å²) in [5.41, 5.74) is 0.772. The molecule has 1 spiro atoms. The Morgan fingerprint density at radius 1 is 0.878 bits per heavy atom. The molecule has 0 aliphatic carbocycles. The second-order valence-corrected chi connectivity index (χ2v) is 12.9. The lowest BCUT2D eigenvalue weighted by atomic mass is 9.74. The van der Waals surface area contributed by atoms with Gasteiger partial charge in [-0.25, -0.2) is 0 Å². The van der Waals surface area contributed by atoms with E-state index in [1.165, 1.54) is 4.90 Å². The highest BCUT2D eigenvalue weighted by Gasteiger charge is 2.74. The standard InChI is InChI=1S/C39H39N3O7/c43-25-29(27-15-7-2-8-16-27)42-35-37(46)41(24-26-13-5-1-6-14-26)22-12-4-11-19-32(44)40-23-31(28-17-9-3-10-18-28)48-38(47)33-30-20-21-39(35,49-30)34(33)36(42)45/h1-10,12-18,20-21,29-31,33-35,43H,11,19,22-25H2,(H,40,44)/b12-4-/t29-,30+,31+,33-,34-,35+,39-/m1/s1. The van der Waals surface area contributed by atoms with Crippen molar-refractivity contribution in [1.82, 2.24) is 15.1 Å². The first kappa shape index (κ1) is 32.5. The van der Waals surface area contributed by atoms with E-state index >= 15 is 4.79 Å². The van der Waals surface area contributed by atoms with Gasteiger partial charge in [0.2, 0.25) is 17.7 Å². The predicted molar refractivity (Wildman–Crippen MR) is 179 cm³/mol. The minimum absolute atomic E-state index is 0.0504. The molecule has 7 atom stereocenters. The van der Waals surface area contributed by atoms with Crippen LogP contribution in [0, 0.1) is 11.8 Å². The Hall–Kier alpha value is -5.06. The highest BCUT2D eigenvalue weighted by Crippen LogP contribution is 2.57. The number of nitrogens with one attached hydrogen (secondary N) is 1. The number of allylic oxidation sites excluding steroid dienone is 1. The summed E-state index contributed by atoms with van der Waals surface area (Å²) < 4.78 is 12.7. The summed E-state index contributed by atoms with van der Waals surface area (Å²) in [6.45, 7) is 0.0580. The minimum atomic E-state index is -1.46. The van der Waals surface area contributed by atoms with Crippen LogP contribution in [0.15, 0.2) is 115 Å². The van der Waals surface area contributed by atoms with Gasteiger partial charge in [-0.15, -0.1) is 0 Å². The molecule has 7 rings (SSSR count). The lowest BCUT2D eigenvalue weighted by Crippen LogP contribution is -2.56. The monoisotopic (exact) mass is 661 g/mol. The molecular weight excluding hydrogens is 622 g/mol. The first-order valence-corrected chi connectivity index (χ1v) is 16.8. The fourth-order valence-corrected chi connectivity index (χ4v) is 7.67. The molecule has 4 heterocycles. The van der Waals surface area contributed by atoms with Crippen molar-refractivity contribution in [3.8, 4) is 0 Å². The van der Waals surface area contributed by atoms with Crippen molar-refractivity contribution < 1.29 is 33.8 Å². The Balaban J connectivity index is 1.33. The van der Waals surface area contributed by atoms with Gasteiger partial charge in [-0.3, -0.25) is 19.2 Å². The average Bonchev–Trinajstić information content (AvgIpc) is 3.78. The molecule has 10 heteroatoms. The third-order valence-electron chi connectivity index (χ3n) is 9.98. The largest absolute Gasteiger partial charge is 0.455 e. The van der Waals surface area contributed by atoms with Crippen LogP contribution in [0.4, 0.5) is 0 Å². The maximum Gasteiger partial charge on any atom is 0.313 e. The lowest BCUT2D eigenvalue weighted by molar-refractivity contribution is -0.160. The summed E-state index contributed by atoms with van der Waals surface area (Å²) >= 11 is 0. The van der Waals surface area contributed by atoms with E-state index in [0.29, 0.717) is 17.5 Å². The van der Waals surface area contributed by atoms with E-state index in [9.17, 15) is 19.5 Å². The fourth-order valence-electron chi connectivity index (χ4n) is 7.67. The number of benzene rings is 3. The average molecular weight is 662 g/mol. The maximum absolute atomic E-state index is 15.0. The van der Waals surface area contributed by atoms with Crippen molar-refractivity contribution in [3.63, 3.8) is 0 Å². The number of carbonyl (C=O) groups excluding carboxylic acids is 4. The number of esters is 1. The van der Waals surface area contributed by atoms with E-state index in [4.69, 9.17) is 9.47 Å². The predicted octanol–water partition coefficient (Wildman–Crippen LogP) is 3.65. The van der Waals surface area contributed by atoms with Crippen LogP contribution in [0.3, 0.4) is 0 Å². The van der Waals surface area contributed by atoms with Crippen LogP contribution in [-0.2, 0) is 35.2 Å². The van der Waals surface area contributed by atoms with Gasteiger partial charge in [0.1, 0.15) is 23.7 Å². The Bertz CT molecular complexity index is 1750. The third-order valence-corrected chi connectivity index (χ3v) is 9.98. The summed E-state index contributed by atoms with van der Waals surface area (Å²) in [7, 11) is 0. The molecular formula is C39H39N3O7. The quantitative estimate of drug-likeness (QED) is 0.305. The molecule has 10 nitrogen and oxygen atoms in total. The smallest absolute Gasteiger partial charge is 0.313 e. The molecule has 0 unspecified atom stereocenters. The van der Waals surface area contributed by atoms with Crippen molar-refractivity contribution in [3.05, 3.63) is 132 Å². The van der Waals surface area contributed by atoms with Crippen LogP contribution in [0.2, 0.25) is 0 Å². The van der Waals surface area contributed by atoms with Crippen LogP contribution >= 0.6 is 0 Å². The molecule has 4 aliphatic rings. The molecule has 2 fully saturated rings. The van der Waals surface area contributed by atoms with E-state index in [2.05, 4.69) is 5.32 Å². The zero-order chi connectivity index (χ0) is 34.0. The molecule has 2 N–H and O–H groups in total. The molecule has 3 aromatic carbocycles. The summed E-state index contributed by atoms with van der Waals surface area (Å²) in [5, 5.41) is 13.7. The first-order valence-electron chi connectivity index (χ1n) is 16.8. The summed E-state index contributed by atoms with van der Waals surface area (Å²) in [6, 6.07) is 25.7. The van der Waals surface area contributed by atoms with E-state index in [1.807, 2.05) is 103 Å². The second kappa shape index (κ2) is 13.8. The number of amides is 3. The van der Waals surface area contributed by atoms with Crippen LogP contribution in [0.25, 0.3) is 0 Å². The topological polar surface area (TPSA) is 125 Å². The zero-order valence-electron chi connectivity index (χ0n) is 27.0. The van der Waals surface area contributed by atoms with Gasteiger partial charge in [-0.05, 0) is 23.1 Å². The van der Waals surface area contributed by atoms with Crippen LogP contribution in [-0.4, -0.2) is 76.0 Å². The highest BCUT2D eigenvalue weighted by atomic mass is 16.6. The molecule has 5 bridgehead atoms. The molecule has 49 heavy (non-hydrogen) atoms. The van der Waals surface area contributed by atoms with Crippen molar-refractivity contribution in [1.29, 1.82) is 0 Å². The Morgan fingerprint density at radius 3 is 2.29 bits per heavy atom. The molecule has 0 saturated carbocycles. The lowest BCUT2D eigenvalue weighted by Gasteiger charge is -2.39. The number of cyclic esters (lactones) is 1. The summed E-state index contributed by atoms with van der Waals surface area (Å²) in [5.74, 6) is -3.81. The maximum atomic E-state index is 15.0. The number of carbonyl (C=O) groups is 4. The van der Waals surface area contributed by atoms with Gasteiger partial charge in [-0.1, -0.05) is 115 Å². The number of hydrogen-bond donors (Lipinski definition) is 2. The molecule has 3 amide bonds. The zero-order valence-corrected chi connectivity index (χ0v) is 27.0. The molecule has 4 aliphatic heterocycles. The van der Waals surface area contributed by atoms with Gasteiger partial charge in [0.25, 0.3) is 0 Å². The number of aliphatic hydroxyl groups is 1. The number of rotatable bonds is 6. The fraction of sp³-hybridized carbons (Fsp3) is 0.333. The third kappa shape index (κ3) is 6.06. The molecule has 3 aromatic rings. The number of likely N-dealkylation sites (tertiary alicyclic amines) is 1. The van der Waals surface area contributed by atoms with E-state index < -0.39 is 60.2 Å². The summed E-state index contributed by atoms with van der Waals surface area (Å²) in [6.07, 6.45) is 6.26. The molecule has 0 radical (unpaired) electrons. The highest BCUT2D eigenvalue weighted by molar-refractivity contribution is 5.99. The van der Waals surface area contributed by atoms with Gasteiger partial charge in [-0.2, -0.15) is 0 Å². The second-order valence-electron chi connectivity index (χ2n) is 12.9. The Kier molecular flexibility index (Phi) is 9.16. The normalized spacial score (nSPS) is 29.8. The Labute approximate surface area is 285 Å². The Morgan fingerprint density at radius 2 is 1.57 bits per heavy atom. The van der Waals surface area contributed by atoms with Crippen LogP contribution < -0.4 is 5.32 Å². The van der Waals surface area contributed by atoms with Gasteiger partial charge in [0.05, 0.1) is 31.2 Å². The number of nitrogens with zero attached hydrogens (tertiary/aromatic N) is 2. The van der Waals surface area contributed by atoms with Crippen LogP contribution in [0.5, 0.6) is 0 Å². The number of aliphatic hydroxyl groups excluding tert-OH is 1.